The third-order valence-corrected chi connectivity index (χ3v) is 7.72. The Morgan fingerprint density at radius 3 is 2.59 bits per heavy atom. The summed E-state index contributed by atoms with van der Waals surface area (Å²) < 4.78 is 25.4. The second-order valence-corrected chi connectivity index (χ2v) is 10.5. The van der Waals surface area contributed by atoms with E-state index in [0.29, 0.717) is 12.1 Å². The molecule has 2 aromatic carbocycles. The number of amides is 1. The number of ether oxygens (including phenoxy) is 2. The minimum absolute atomic E-state index is 0.0879. The summed E-state index contributed by atoms with van der Waals surface area (Å²) in [6, 6.07) is 11.2. The topological polar surface area (TPSA) is 96.0 Å². The molecule has 1 amide bonds. The van der Waals surface area contributed by atoms with Crippen LogP contribution in [0.25, 0.3) is 17.2 Å². The van der Waals surface area contributed by atoms with Crippen LogP contribution in [-0.2, 0) is 11.3 Å². The van der Waals surface area contributed by atoms with Gasteiger partial charge in [0.1, 0.15) is 11.9 Å². The van der Waals surface area contributed by atoms with Crippen molar-refractivity contribution in [2.45, 2.75) is 32.0 Å². The minimum atomic E-state index is -0.710. The zero-order valence-corrected chi connectivity index (χ0v) is 23.7. The van der Waals surface area contributed by atoms with Gasteiger partial charge in [0.05, 0.1) is 14.2 Å². The fraction of sp³-hybridized carbons (Fsp3) is 0.312. The summed E-state index contributed by atoms with van der Waals surface area (Å²) in [6.07, 6.45) is 6.26. The third-order valence-electron chi connectivity index (χ3n) is 7.72. The number of pyridine rings is 1. The minimum Gasteiger partial charge on any atom is -0.502 e. The molecule has 3 N–H and O–H groups in total. The van der Waals surface area contributed by atoms with Crippen LogP contribution in [0.1, 0.15) is 35.6 Å². The normalized spacial score (nSPS) is 18.5. The van der Waals surface area contributed by atoms with E-state index in [4.69, 9.17) is 9.47 Å². The van der Waals surface area contributed by atoms with Crippen molar-refractivity contribution in [2.75, 3.05) is 34.4 Å². The Bertz CT molecular complexity index is 1480. The molecule has 8 nitrogen and oxygen atoms in total. The highest BCUT2D eigenvalue weighted by Crippen LogP contribution is 2.45. The van der Waals surface area contributed by atoms with Gasteiger partial charge in [-0.15, -0.1) is 0 Å². The van der Waals surface area contributed by atoms with Gasteiger partial charge in [0, 0.05) is 31.5 Å². The van der Waals surface area contributed by atoms with Crippen LogP contribution >= 0.6 is 0 Å². The average Bonchev–Trinajstić information content (AvgIpc) is 3.50. The zero-order valence-electron chi connectivity index (χ0n) is 23.7. The van der Waals surface area contributed by atoms with Crippen LogP contribution in [0.4, 0.5) is 4.39 Å². The molecule has 41 heavy (non-hydrogen) atoms. The number of nitrogens with one attached hydrogen (secondary N) is 2. The van der Waals surface area contributed by atoms with Gasteiger partial charge >= 0.3 is 0 Å². The number of methoxy groups -OCH3 is 2. The molecule has 5 rings (SSSR count). The predicted molar refractivity (Wildman–Crippen MR) is 157 cm³/mol. The predicted octanol–water partition coefficient (Wildman–Crippen LogP) is 4.25. The monoisotopic (exact) mass is 558 g/mol. The molecule has 0 saturated carbocycles. The summed E-state index contributed by atoms with van der Waals surface area (Å²) in [7, 11) is 5.01. The Morgan fingerprint density at radius 2 is 1.95 bits per heavy atom. The number of halogens is 1. The van der Waals surface area contributed by atoms with Crippen LogP contribution < -0.4 is 20.1 Å². The van der Waals surface area contributed by atoms with E-state index in [1.54, 1.807) is 30.6 Å². The van der Waals surface area contributed by atoms with Gasteiger partial charge in [0.25, 0.3) is 0 Å². The number of aromatic hydroxyl groups is 1. The van der Waals surface area contributed by atoms with Gasteiger partial charge in [-0.25, -0.2) is 4.39 Å². The van der Waals surface area contributed by atoms with E-state index < -0.39 is 6.04 Å². The number of likely N-dealkylation sites (N-methyl/N-ethyl adjacent to an activating group) is 1. The Labute approximate surface area is 239 Å². The molecule has 2 unspecified atom stereocenters. The lowest BCUT2D eigenvalue weighted by Gasteiger charge is -2.25. The second kappa shape index (κ2) is 12.1. The molecule has 1 aromatic heterocycles. The van der Waals surface area contributed by atoms with Crippen molar-refractivity contribution in [3.05, 3.63) is 88.5 Å². The average molecular weight is 559 g/mol. The molecule has 1 aliphatic heterocycles. The summed E-state index contributed by atoms with van der Waals surface area (Å²) in [5.74, 6) is -0.110. The van der Waals surface area contributed by atoms with Crippen LogP contribution in [0, 0.1) is 5.82 Å². The molecule has 2 aliphatic rings. The number of benzene rings is 2. The molecule has 0 bridgehead atoms. The van der Waals surface area contributed by atoms with Crippen LogP contribution in [0.5, 0.6) is 17.2 Å². The first-order valence-corrected chi connectivity index (χ1v) is 13.6. The number of aromatic nitrogens is 1. The summed E-state index contributed by atoms with van der Waals surface area (Å²) in [4.78, 5) is 20.2. The fourth-order valence-corrected chi connectivity index (χ4v) is 5.64. The summed E-state index contributed by atoms with van der Waals surface area (Å²) in [5.41, 5.74) is 5.55. The highest BCUT2D eigenvalue weighted by molar-refractivity contribution is 6.11. The van der Waals surface area contributed by atoms with E-state index in [2.05, 4.69) is 27.6 Å². The van der Waals surface area contributed by atoms with Gasteiger partial charge < -0.3 is 24.8 Å². The van der Waals surface area contributed by atoms with E-state index in [0.717, 1.165) is 52.9 Å². The van der Waals surface area contributed by atoms with Gasteiger partial charge in [-0.3, -0.25) is 15.1 Å². The van der Waals surface area contributed by atoms with Crippen molar-refractivity contribution in [1.29, 1.82) is 0 Å². The van der Waals surface area contributed by atoms with Crippen molar-refractivity contribution in [1.82, 2.24) is 20.5 Å². The van der Waals surface area contributed by atoms with Crippen molar-refractivity contribution < 1.29 is 23.8 Å². The lowest BCUT2D eigenvalue weighted by atomic mass is 9.96. The lowest BCUT2D eigenvalue weighted by Crippen LogP contribution is -2.49. The van der Waals surface area contributed by atoms with Crippen molar-refractivity contribution in [3.8, 4) is 17.2 Å². The van der Waals surface area contributed by atoms with E-state index in [1.165, 1.54) is 26.4 Å². The molecule has 1 saturated heterocycles. The third kappa shape index (κ3) is 5.96. The fourth-order valence-electron chi connectivity index (χ4n) is 5.64. The summed E-state index contributed by atoms with van der Waals surface area (Å²) in [5, 5.41) is 17.1. The molecule has 2 atom stereocenters. The Hall–Kier alpha value is -4.21. The number of phenolic OH excluding ortho intramolecular Hbond substituents is 1. The largest absolute Gasteiger partial charge is 0.502 e. The highest BCUT2D eigenvalue weighted by Gasteiger charge is 2.35. The van der Waals surface area contributed by atoms with Crippen LogP contribution in [0.3, 0.4) is 0 Å². The Balaban J connectivity index is 1.59. The molecule has 0 spiro atoms. The number of hydrogen-bond donors (Lipinski definition) is 3. The quantitative estimate of drug-likeness (QED) is 0.361. The first-order chi connectivity index (χ1) is 19.8. The van der Waals surface area contributed by atoms with Crippen LogP contribution in [0.15, 0.2) is 60.4 Å². The van der Waals surface area contributed by atoms with E-state index in [-0.39, 0.29) is 35.0 Å². The summed E-state index contributed by atoms with van der Waals surface area (Å²) >= 11 is 0. The van der Waals surface area contributed by atoms with Gasteiger partial charge in [0.15, 0.2) is 11.5 Å². The van der Waals surface area contributed by atoms with Crippen LogP contribution in [-0.4, -0.2) is 67.3 Å². The number of phenols is 1. The SMILES string of the molecule is COc1cc(/C=C2/C(C)=C(C(NC3CCN(C)C3)C(=O)NCc3cccnc3)c3cc(F)ccc32)cc(OC)c1O. The second-order valence-electron chi connectivity index (χ2n) is 10.5. The van der Waals surface area contributed by atoms with Crippen LogP contribution in [0.2, 0.25) is 0 Å². The van der Waals surface area contributed by atoms with E-state index in [9.17, 15) is 14.3 Å². The molecule has 0 radical (unpaired) electrons. The number of nitrogens with zero attached hydrogens (tertiary/aromatic N) is 2. The first-order valence-electron chi connectivity index (χ1n) is 13.6. The van der Waals surface area contributed by atoms with Gasteiger partial charge in [-0.1, -0.05) is 12.1 Å². The summed E-state index contributed by atoms with van der Waals surface area (Å²) in [6.45, 7) is 4.02. The highest BCUT2D eigenvalue weighted by atomic mass is 19.1. The number of likely N-dealkylation sites (tertiary alicyclic amines) is 1. The number of rotatable bonds is 9. The molecule has 214 valence electrons. The lowest BCUT2D eigenvalue weighted by molar-refractivity contribution is -0.122. The van der Waals surface area contributed by atoms with Gasteiger partial charge in [0.2, 0.25) is 11.7 Å². The smallest absolute Gasteiger partial charge is 0.242 e. The molecule has 3 aromatic rings. The van der Waals surface area contributed by atoms with Crippen molar-refractivity contribution in [3.63, 3.8) is 0 Å². The Kier molecular flexibility index (Phi) is 8.37. The number of carbonyl (C=O) groups is 1. The molecular weight excluding hydrogens is 523 g/mol. The maximum atomic E-state index is 14.7. The molecule has 2 heterocycles. The molecule has 1 fully saturated rings. The number of allylic oxidation sites excluding steroid dienone is 2. The van der Waals surface area contributed by atoms with Crippen molar-refractivity contribution >= 4 is 23.1 Å². The molecule has 1 aliphatic carbocycles. The van der Waals surface area contributed by atoms with E-state index in [1.807, 2.05) is 25.1 Å². The Morgan fingerprint density at radius 1 is 1.20 bits per heavy atom. The van der Waals surface area contributed by atoms with E-state index >= 15 is 0 Å². The molecule has 9 heteroatoms. The van der Waals surface area contributed by atoms with Gasteiger partial charge in [-0.2, -0.15) is 0 Å². The first kappa shape index (κ1) is 28.3. The number of carbonyl (C=O) groups excluding carboxylic acids is 1. The van der Waals surface area contributed by atoms with Crippen molar-refractivity contribution in [2.24, 2.45) is 0 Å². The number of hydrogen-bond acceptors (Lipinski definition) is 7. The zero-order chi connectivity index (χ0) is 29.1. The van der Waals surface area contributed by atoms with Gasteiger partial charge in [-0.05, 0) is 102 Å². The number of fused-ring (bicyclic) bond motifs is 1. The maximum absolute atomic E-state index is 14.7. The maximum Gasteiger partial charge on any atom is 0.242 e. The molecular formula is C32H35FN4O4. The standard InChI is InChI=1S/C32H35FN4O4/c1-19-25(12-21-13-27(40-3)31(38)28(14-21)41-4)24-8-7-22(33)15-26(24)29(19)30(36-23-9-11-37(2)18-23)32(39)35-17-20-6-5-10-34-16-20/h5-8,10,12-16,23,30,36,38H,9,11,17-18H2,1-4H3,(H,35,39)/b25-12-.